The van der Waals surface area contributed by atoms with Gasteiger partial charge in [0.15, 0.2) is 0 Å². The van der Waals surface area contributed by atoms with Gasteiger partial charge < -0.3 is 10.2 Å². The van der Waals surface area contributed by atoms with Crippen molar-refractivity contribution in [3.8, 4) is 0 Å². The molecule has 2 atom stereocenters. The third kappa shape index (κ3) is 2.94. The fourth-order valence-corrected chi connectivity index (χ4v) is 3.70. The fraction of sp³-hybridized carbons (Fsp3) is 0.500. The summed E-state index contributed by atoms with van der Waals surface area (Å²) in [5.74, 6) is 0.268. The second kappa shape index (κ2) is 6.36. The smallest absolute Gasteiger partial charge is 0.225 e. The third-order valence-electron chi connectivity index (χ3n) is 5.04. The third-order valence-corrected chi connectivity index (χ3v) is 5.04. The zero-order chi connectivity index (χ0) is 16.5. The Morgan fingerprint density at radius 1 is 1.29 bits per heavy atom. The van der Waals surface area contributed by atoms with Gasteiger partial charge in [0.25, 0.3) is 0 Å². The summed E-state index contributed by atoms with van der Waals surface area (Å²) in [5.41, 5.74) is 2.33. The predicted octanol–water partition coefficient (Wildman–Crippen LogP) is 1.45. The maximum atomic E-state index is 12.5. The van der Waals surface area contributed by atoms with Crippen LogP contribution in [0.25, 0.3) is 0 Å². The Hall–Kier alpha value is -2.21. The van der Waals surface area contributed by atoms with Crippen molar-refractivity contribution in [2.24, 2.45) is 7.05 Å². The first kappa shape index (κ1) is 15.3. The zero-order valence-electron chi connectivity index (χ0n) is 13.9. The van der Waals surface area contributed by atoms with Gasteiger partial charge in [0.2, 0.25) is 5.91 Å². The van der Waals surface area contributed by atoms with E-state index >= 15 is 0 Å². The minimum Gasteiger partial charge on any atom is -0.331 e. The number of aryl methyl sites for hydroxylation is 1. The van der Waals surface area contributed by atoms with E-state index < -0.39 is 0 Å². The fourth-order valence-electron chi connectivity index (χ4n) is 3.70. The maximum Gasteiger partial charge on any atom is 0.225 e. The molecule has 2 aromatic heterocycles. The minimum absolute atomic E-state index is 0.102. The molecule has 0 radical (unpaired) electrons. The number of rotatable bonds is 6. The van der Waals surface area contributed by atoms with Gasteiger partial charge in [-0.05, 0) is 30.5 Å². The van der Waals surface area contributed by atoms with E-state index in [1.807, 2.05) is 36.3 Å². The number of carbonyl (C=O) groups excluding carboxylic acids is 1. The Bertz CT molecular complexity index is 709. The summed E-state index contributed by atoms with van der Waals surface area (Å²) in [5, 5.41) is 7.81. The second-order valence-electron chi connectivity index (χ2n) is 6.72. The average molecular weight is 325 g/mol. The van der Waals surface area contributed by atoms with Crippen LogP contribution >= 0.6 is 0 Å². The highest BCUT2D eigenvalue weighted by Crippen LogP contribution is 2.41. The summed E-state index contributed by atoms with van der Waals surface area (Å²) >= 11 is 0. The van der Waals surface area contributed by atoms with Gasteiger partial charge in [0, 0.05) is 62.8 Å². The molecule has 1 aliphatic carbocycles. The van der Waals surface area contributed by atoms with Crippen molar-refractivity contribution in [2.75, 3.05) is 6.54 Å². The van der Waals surface area contributed by atoms with Crippen LogP contribution in [0.4, 0.5) is 0 Å². The zero-order valence-corrected chi connectivity index (χ0v) is 13.9. The van der Waals surface area contributed by atoms with E-state index in [-0.39, 0.29) is 18.0 Å². The van der Waals surface area contributed by atoms with Crippen LogP contribution in [0.15, 0.2) is 36.8 Å². The first-order chi connectivity index (χ1) is 11.7. The molecule has 2 aromatic rings. The van der Waals surface area contributed by atoms with Gasteiger partial charge >= 0.3 is 0 Å². The highest BCUT2D eigenvalue weighted by molar-refractivity contribution is 5.81. The summed E-state index contributed by atoms with van der Waals surface area (Å²) in [6, 6.07) is 6.75. The quantitative estimate of drug-likeness (QED) is 0.873. The van der Waals surface area contributed by atoms with E-state index in [1.54, 1.807) is 6.20 Å². The first-order valence-electron chi connectivity index (χ1n) is 8.65. The molecule has 6 heteroatoms. The van der Waals surface area contributed by atoms with E-state index in [9.17, 15) is 4.79 Å². The Morgan fingerprint density at radius 3 is 2.83 bits per heavy atom. The molecule has 1 amide bonds. The van der Waals surface area contributed by atoms with Gasteiger partial charge in [-0.15, -0.1) is 0 Å². The number of hydrogen-bond acceptors (Lipinski definition) is 4. The van der Waals surface area contributed by atoms with Crippen molar-refractivity contribution >= 4 is 5.91 Å². The lowest BCUT2D eigenvalue weighted by atomic mass is 10.0. The molecule has 2 fully saturated rings. The molecule has 0 unspecified atom stereocenters. The summed E-state index contributed by atoms with van der Waals surface area (Å²) in [7, 11) is 1.96. The van der Waals surface area contributed by atoms with Crippen molar-refractivity contribution in [2.45, 2.75) is 43.8 Å². The lowest BCUT2D eigenvalue weighted by molar-refractivity contribution is -0.129. The molecule has 126 valence electrons. The molecule has 24 heavy (non-hydrogen) atoms. The number of nitrogens with one attached hydrogen (secondary N) is 1. The molecule has 0 bridgehead atoms. The molecule has 1 N–H and O–H groups in total. The van der Waals surface area contributed by atoms with E-state index in [0.717, 1.165) is 31.4 Å². The SMILES string of the molecule is Cn1nccc1CCN[C@@H]1CC(=O)N(C2CC2)[C@H]1c1cccnc1. The van der Waals surface area contributed by atoms with Crippen molar-refractivity contribution in [3.63, 3.8) is 0 Å². The number of aromatic nitrogens is 3. The van der Waals surface area contributed by atoms with E-state index in [0.29, 0.717) is 12.5 Å². The highest BCUT2D eigenvalue weighted by Gasteiger charge is 2.47. The maximum absolute atomic E-state index is 12.5. The molecule has 1 saturated carbocycles. The molecule has 6 nitrogen and oxygen atoms in total. The molecular formula is C18H23N5O. The largest absolute Gasteiger partial charge is 0.331 e. The van der Waals surface area contributed by atoms with Gasteiger partial charge in [-0.2, -0.15) is 5.10 Å². The van der Waals surface area contributed by atoms with Crippen LogP contribution in [0.5, 0.6) is 0 Å². The standard InChI is InChI=1S/C18H23N5O/c1-22-14(7-10-21-22)6-9-20-16-11-17(24)23(15-4-5-15)18(16)13-3-2-8-19-12-13/h2-3,7-8,10,12,15-16,18,20H,4-6,9,11H2,1H3/t16-,18+/m1/s1. The summed E-state index contributed by atoms with van der Waals surface area (Å²) < 4.78 is 1.90. The second-order valence-corrected chi connectivity index (χ2v) is 6.72. The normalized spacial score (nSPS) is 23.9. The summed E-state index contributed by atoms with van der Waals surface area (Å²) in [6.07, 6.45) is 9.24. The summed E-state index contributed by atoms with van der Waals surface area (Å²) in [4.78, 5) is 18.9. The predicted molar refractivity (Wildman–Crippen MR) is 90.2 cm³/mol. The van der Waals surface area contributed by atoms with Crippen molar-refractivity contribution in [3.05, 3.63) is 48.0 Å². The number of nitrogens with zero attached hydrogens (tertiary/aromatic N) is 4. The van der Waals surface area contributed by atoms with Gasteiger partial charge in [0.1, 0.15) is 0 Å². The number of pyridine rings is 1. The van der Waals surface area contributed by atoms with Gasteiger partial charge in [-0.25, -0.2) is 0 Å². The first-order valence-corrected chi connectivity index (χ1v) is 8.65. The monoisotopic (exact) mass is 325 g/mol. The van der Waals surface area contributed by atoms with Crippen LogP contribution in [0, 0.1) is 0 Å². The highest BCUT2D eigenvalue weighted by atomic mass is 16.2. The Morgan fingerprint density at radius 2 is 2.17 bits per heavy atom. The number of amides is 1. The van der Waals surface area contributed by atoms with E-state index in [2.05, 4.69) is 26.4 Å². The van der Waals surface area contributed by atoms with Crippen molar-refractivity contribution < 1.29 is 4.79 Å². The molecule has 1 saturated heterocycles. The minimum atomic E-state index is 0.102. The van der Waals surface area contributed by atoms with Crippen LogP contribution in [0.2, 0.25) is 0 Å². The summed E-state index contributed by atoms with van der Waals surface area (Å²) in [6.45, 7) is 0.840. The molecule has 1 aliphatic heterocycles. The Kier molecular flexibility index (Phi) is 4.06. The average Bonchev–Trinajstić information content (AvgIpc) is 3.27. The van der Waals surface area contributed by atoms with Crippen LogP contribution in [0.1, 0.15) is 36.6 Å². The van der Waals surface area contributed by atoms with Crippen LogP contribution in [-0.2, 0) is 18.3 Å². The van der Waals surface area contributed by atoms with Gasteiger partial charge in [-0.3, -0.25) is 14.5 Å². The lowest BCUT2D eigenvalue weighted by Gasteiger charge is -2.29. The molecule has 4 rings (SSSR count). The lowest BCUT2D eigenvalue weighted by Crippen LogP contribution is -2.38. The Balaban J connectivity index is 1.48. The molecule has 0 spiro atoms. The molecule has 0 aromatic carbocycles. The number of carbonyl (C=O) groups is 1. The van der Waals surface area contributed by atoms with Gasteiger partial charge in [-0.1, -0.05) is 6.07 Å². The van der Waals surface area contributed by atoms with E-state index in [4.69, 9.17) is 0 Å². The molecule has 2 aliphatic rings. The van der Waals surface area contributed by atoms with Gasteiger partial charge in [0.05, 0.1) is 6.04 Å². The molecular weight excluding hydrogens is 302 g/mol. The van der Waals surface area contributed by atoms with Crippen molar-refractivity contribution in [1.29, 1.82) is 0 Å². The number of hydrogen-bond donors (Lipinski definition) is 1. The van der Waals surface area contributed by atoms with Crippen LogP contribution in [0.3, 0.4) is 0 Å². The van der Waals surface area contributed by atoms with Crippen LogP contribution < -0.4 is 5.32 Å². The molecule has 3 heterocycles. The van der Waals surface area contributed by atoms with Crippen LogP contribution in [-0.4, -0.2) is 44.2 Å². The van der Waals surface area contributed by atoms with E-state index in [1.165, 1.54) is 5.69 Å². The number of likely N-dealkylation sites (tertiary alicyclic amines) is 1. The Labute approximate surface area is 141 Å². The van der Waals surface area contributed by atoms with Crippen molar-refractivity contribution in [1.82, 2.24) is 25.0 Å². The topological polar surface area (TPSA) is 63.1 Å².